The highest BCUT2D eigenvalue weighted by molar-refractivity contribution is 5.96. The minimum atomic E-state index is -0.962. The highest BCUT2D eigenvalue weighted by Crippen LogP contribution is 2.24. The number of aryl methyl sites for hydroxylation is 2. The van der Waals surface area contributed by atoms with Gasteiger partial charge in [0.15, 0.2) is 0 Å². The largest absolute Gasteiger partial charge is 0.390 e. The number of carbonyl (C=O) groups excluding carboxylic acids is 1. The molecule has 0 saturated carbocycles. The van der Waals surface area contributed by atoms with Crippen LogP contribution in [-0.4, -0.2) is 46.3 Å². The number of benzene rings is 1. The fourth-order valence-corrected chi connectivity index (χ4v) is 3.42. The Morgan fingerprint density at radius 1 is 1.03 bits per heavy atom. The molecule has 4 rings (SSSR count). The molecule has 0 fully saturated rings. The number of nitrogens with one attached hydrogen (secondary N) is 1. The summed E-state index contributed by atoms with van der Waals surface area (Å²) in [4.78, 5) is 30.4. The minimum absolute atomic E-state index is 0.252. The van der Waals surface area contributed by atoms with E-state index in [-0.39, 0.29) is 12.5 Å². The van der Waals surface area contributed by atoms with Gasteiger partial charge < -0.3 is 10.4 Å². The number of pyridine rings is 1. The summed E-state index contributed by atoms with van der Waals surface area (Å²) >= 11 is 0. The van der Waals surface area contributed by atoms with Gasteiger partial charge in [-0.2, -0.15) is 5.10 Å². The molecule has 0 radical (unpaired) electrons. The van der Waals surface area contributed by atoms with Crippen molar-refractivity contribution < 1.29 is 9.90 Å². The third-order valence-corrected chi connectivity index (χ3v) is 5.11. The van der Waals surface area contributed by atoms with Crippen LogP contribution in [0.3, 0.4) is 0 Å². The molecule has 0 saturated heterocycles. The Balaban J connectivity index is 1.70. The molecule has 2 N–H and O–H groups in total. The molecule has 0 unspecified atom stereocenters. The summed E-state index contributed by atoms with van der Waals surface area (Å²) in [7, 11) is 0. The number of rotatable bonds is 7. The van der Waals surface area contributed by atoms with Crippen LogP contribution in [0, 0.1) is 13.8 Å². The van der Waals surface area contributed by atoms with Crippen LogP contribution in [0.1, 0.15) is 47.0 Å². The molecule has 34 heavy (non-hydrogen) atoms. The van der Waals surface area contributed by atoms with Crippen LogP contribution in [0.2, 0.25) is 0 Å². The van der Waals surface area contributed by atoms with Crippen LogP contribution in [0.15, 0.2) is 55.2 Å². The Morgan fingerprint density at radius 2 is 1.85 bits per heavy atom. The fourth-order valence-electron chi connectivity index (χ4n) is 3.42. The van der Waals surface area contributed by atoms with E-state index < -0.39 is 5.60 Å². The third-order valence-electron chi connectivity index (χ3n) is 5.11. The van der Waals surface area contributed by atoms with E-state index in [1.165, 1.54) is 6.33 Å². The summed E-state index contributed by atoms with van der Waals surface area (Å²) in [6.45, 7) is 7.51. The highest BCUT2D eigenvalue weighted by Gasteiger charge is 2.20. The first kappa shape index (κ1) is 23.2. The van der Waals surface area contributed by atoms with Gasteiger partial charge in [0.1, 0.15) is 12.2 Å². The summed E-state index contributed by atoms with van der Waals surface area (Å²) in [6, 6.07) is 9.33. The second kappa shape index (κ2) is 9.48. The molecular formula is C25H27N7O2. The lowest BCUT2D eigenvalue weighted by Gasteiger charge is -2.17. The number of amides is 1. The van der Waals surface area contributed by atoms with E-state index in [1.807, 2.05) is 32.0 Å². The Labute approximate surface area is 198 Å². The number of carbonyl (C=O) groups is 1. The fraction of sp³-hybridized carbons (Fsp3) is 0.280. The molecule has 174 valence electrons. The van der Waals surface area contributed by atoms with Gasteiger partial charge >= 0.3 is 0 Å². The first-order chi connectivity index (χ1) is 16.2. The summed E-state index contributed by atoms with van der Waals surface area (Å²) in [5.41, 5.74) is 4.15. The second-order valence-electron chi connectivity index (χ2n) is 8.90. The van der Waals surface area contributed by atoms with E-state index in [2.05, 4.69) is 30.4 Å². The van der Waals surface area contributed by atoms with E-state index in [9.17, 15) is 9.90 Å². The first-order valence-electron chi connectivity index (χ1n) is 10.9. The van der Waals surface area contributed by atoms with E-state index >= 15 is 0 Å². The molecule has 9 heteroatoms. The zero-order valence-electron chi connectivity index (χ0n) is 19.6. The zero-order chi connectivity index (χ0) is 24.3. The van der Waals surface area contributed by atoms with Crippen LogP contribution >= 0.6 is 0 Å². The van der Waals surface area contributed by atoms with Crippen LogP contribution < -0.4 is 5.32 Å². The van der Waals surface area contributed by atoms with Gasteiger partial charge in [0, 0.05) is 29.9 Å². The van der Waals surface area contributed by atoms with Gasteiger partial charge in [-0.1, -0.05) is 6.07 Å². The highest BCUT2D eigenvalue weighted by atomic mass is 16.3. The van der Waals surface area contributed by atoms with Crippen molar-refractivity contribution in [3.05, 3.63) is 83.6 Å². The van der Waals surface area contributed by atoms with Crippen LogP contribution in [-0.2, 0) is 13.0 Å². The second-order valence-corrected chi connectivity index (χ2v) is 8.90. The monoisotopic (exact) mass is 457 g/mol. The van der Waals surface area contributed by atoms with Crippen LogP contribution in [0.4, 0.5) is 0 Å². The summed E-state index contributed by atoms with van der Waals surface area (Å²) in [5, 5.41) is 17.5. The smallest absolute Gasteiger partial charge is 0.251 e. The zero-order valence-corrected chi connectivity index (χ0v) is 19.6. The average molecular weight is 458 g/mol. The van der Waals surface area contributed by atoms with Crippen molar-refractivity contribution >= 4 is 5.91 Å². The van der Waals surface area contributed by atoms with Gasteiger partial charge in [-0.15, -0.1) is 0 Å². The predicted octanol–water partition coefficient (Wildman–Crippen LogP) is 2.98. The lowest BCUT2D eigenvalue weighted by Crippen LogP contribution is -2.25. The van der Waals surface area contributed by atoms with E-state index in [4.69, 9.17) is 0 Å². The molecule has 0 spiro atoms. The van der Waals surface area contributed by atoms with Crippen molar-refractivity contribution in [1.82, 2.24) is 35.0 Å². The minimum Gasteiger partial charge on any atom is -0.390 e. The Morgan fingerprint density at radius 3 is 2.53 bits per heavy atom. The first-order valence-corrected chi connectivity index (χ1v) is 10.9. The molecule has 1 aromatic carbocycles. The summed E-state index contributed by atoms with van der Waals surface area (Å²) in [6.07, 6.45) is 6.83. The molecule has 0 bridgehead atoms. The molecule has 3 heterocycles. The molecule has 9 nitrogen and oxygen atoms in total. The van der Waals surface area contributed by atoms with E-state index in [0.717, 1.165) is 22.5 Å². The van der Waals surface area contributed by atoms with Gasteiger partial charge in [0.05, 0.1) is 41.1 Å². The average Bonchev–Trinajstić information content (AvgIpc) is 3.25. The van der Waals surface area contributed by atoms with Gasteiger partial charge in [-0.25, -0.2) is 9.67 Å². The van der Waals surface area contributed by atoms with Gasteiger partial charge in [-0.3, -0.25) is 19.7 Å². The Hall–Kier alpha value is -3.98. The van der Waals surface area contributed by atoms with Gasteiger partial charge in [0.25, 0.3) is 5.91 Å². The molecule has 0 aliphatic carbocycles. The molecule has 0 aliphatic heterocycles. The number of nitrogens with zero attached hydrogens (tertiary/aromatic N) is 6. The molecule has 0 atom stereocenters. The van der Waals surface area contributed by atoms with Crippen LogP contribution in [0.5, 0.6) is 0 Å². The van der Waals surface area contributed by atoms with Crippen molar-refractivity contribution in [3.8, 4) is 16.9 Å². The van der Waals surface area contributed by atoms with Crippen molar-refractivity contribution in [1.29, 1.82) is 0 Å². The number of aromatic nitrogens is 6. The van der Waals surface area contributed by atoms with Crippen molar-refractivity contribution in [2.24, 2.45) is 0 Å². The van der Waals surface area contributed by atoms with Crippen molar-refractivity contribution in [3.63, 3.8) is 0 Å². The Kier molecular flexibility index (Phi) is 6.47. The number of hydrogen-bond donors (Lipinski definition) is 2. The standard InChI is InChI=1S/C25H27N7O2/c1-16-5-6-22(28-11-16)18-7-19(24(33)29-14-20-13-26-17(2)12-27-20)9-21(8-18)32-23(30-15-31-32)10-25(3,4)34/h5-9,11-13,15,34H,10,14H2,1-4H3,(H,29,33). The number of aliphatic hydroxyl groups is 1. The normalized spacial score (nSPS) is 11.4. The lowest BCUT2D eigenvalue weighted by atomic mass is 10.0. The lowest BCUT2D eigenvalue weighted by molar-refractivity contribution is 0.0782. The summed E-state index contributed by atoms with van der Waals surface area (Å²) < 4.78 is 1.64. The van der Waals surface area contributed by atoms with Crippen molar-refractivity contribution in [2.75, 3.05) is 0 Å². The summed E-state index contributed by atoms with van der Waals surface area (Å²) in [5.74, 6) is 0.324. The molecule has 4 aromatic rings. The van der Waals surface area contributed by atoms with Gasteiger partial charge in [0.2, 0.25) is 0 Å². The van der Waals surface area contributed by atoms with Crippen LogP contribution in [0.25, 0.3) is 16.9 Å². The molecule has 0 aliphatic rings. The third kappa shape index (κ3) is 5.68. The van der Waals surface area contributed by atoms with Crippen molar-refractivity contribution in [2.45, 2.75) is 46.3 Å². The Bertz CT molecular complexity index is 1290. The maximum atomic E-state index is 13.1. The maximum absolute atomic E-state index is 13.1. The SMILES string of the molecule is Cc1ccc(-c2cc(C(=O)NCc3cnc(C)cn3)cc(-n3ncnc3CC(C)(C)O)c2)nc1. The predicted molar refractivity (Wildman–Crippen MR) is 127 cm³/mol. The molecule has 3 aromatic heterocycles. The molecule has 1 amide bonds. The maximum Gasteiger partial charge on any atom is 0.251 e. The van der Waals surface area contributed by atoms with E-state index in [0.29, 0.717) is 29.2 Å². The number of hydrogen-bond acceptors (Lipinski definition) is 7. The quantitative estimate of drug-likeness (QED) is 0.438. The molecular weight excluding hydrogens is 430 g/mol. The van der Waals surface area contributed by atoms with Gasteiger partial charge in [-0.05, 0) is 57.5 Å². The van der Waals surface area contributed by atoms with E-state index in [1.54, 1.807) is 49.3 Å². The topological polar surface area (TPSA) is 119 Å².